The average Bonchev–Trinajstić information content (AvgIpc) is 3.34. The first-order valence-corrected chi connectivity index (χ1v) is 10.1. The molecule has 4 heterocycles. The van der Waals surface area contributed by atoms with Crippen LogP contribution >= 0.6 is 11.3 Å². The van der Waals surface area contributed by atoms with Crippen LogP contribution in [0.1, 0.15) is 5.01 Å². The highest BCUT2D eigenvalue weighted by Crippen LogP contribution is 2.37. The number of nitrogens with zero attached hydrogens (tertiary/aromatic N) is 4. The normalized spacial score (nSPS) is 22.8. The molecule has 2 N–H and O–H groups in total. The maximum Gasteiger partial charge on any atom is 0.490 e. The summed E-state index contributed by atoms with van der Waals surface area (Å²) in [6.45, 7) is 4.83. The van der Waals surface area contributed by atoms with Crippen molar-refractivity contribution in [1.82, 2.24) is 15.2 Å². The topological polar surface area (TPSA) is 118 Å². The Bertz CT molecular complexity index is 911. The smallest absolute Gasteiger partial charge is 0.475 e. The number of carbonyl (C=O) groups excluding carboxylic acids is 1. The summed E-state index contributed by atoms with van der Waals surface area (Å²) in [6, 6.07) is 3.65. The second kappa shape index (κ2) is 9.56. The fraction of sp³-hybridized carbons (Fsp3) is 0.500. The molecule has 2 fully saturated rings. The number of hydrogen-bond donors (Lipinski definition) is 2. The summed E-state index contributed by atoms with van der Waals surface area (Å²) in [5.74, 6) is -2.27. The fourth-order valence-electron chi connectivity index (χ4n) is 3.51. The van der Waals surface area contributed by atoms with Crippen LogP contribution in [0.2, 0.25) is 0 Å². The molecule has 0 saturated carbocycles. The number of pyridine rings is 1. The summed E-state index contributed by atoms with van der Waals surface area (Å²) in [7, 11) is 0. The lowest BCUT2D eigenvalue weighted by Crippen LogP contribution is -2.41. The highest BCUT2D eigenvalue weighted by atomic mass is 32.1. The number of nitrogens with one attached hydrogen (secondary N) is 1. The van der Waals surface area contributed by atoms with Crippen LogP contribution in [0.25, 0.3) is 0 Å². The van der Waals surface area contributed by atoms with E-state index >= 15 is 0 Å². The number of anilines is 2. The van der Waals surface area contributed by atoms with Crippen molar-refractivity contribution in [2.24, 2.45) is 17.8 Å². The van der Waals surface area contributed by atoms with Gasteiger partial charge in [-0.3, -0.25) is 9.78 Å². The maximum absolute atomic E-state index is 12.7. The molecule has 2 aromatic heterocycles. The zero-order valence-corrected chi connectivity index (χ0v) is 17.2. The Hall–Kier alpha value is -2.80. The minimum Gasteiger partial charge on any atom is -0.475 e. The van der Waals surface area contributed by atoms with Crippen molar-refractivity contribution < 1.29 is 32.6 Å². The number of halogens is 3. The Kier molecular flexibility index (Phi) is 7.05. The first kappa shape index (κ1) is 22.9. The first-order chi connectivity index (χ1) is 14.6. The lowest BCUT2D eigenvalue weighted by atomic mass is 9.82. The molecule has 0 spiro atoms. The van der Waals surface area contributed by atoms with Gasteiger partial charge in [-0.15, -0.1) is 10.2 Å². The minimum absolute atomic E-state index is 0.00740. The van der Waals surface area contributed by atoms with Gasteiger partial charge in [-0.2, -0.15) is 13.2 Å². The molecule has 0 bridgehead atoms. The van der Waals surface area contributed by atoms with E-state index in [2.05, 4.69) is 25.4 Å². The molecule has 0 unspecified atom stereocenters. The maximum atomic E-state index is 12.7. The van der Waals surface area contributed by atoms with Crippen molar-refractivity contribution in [3.05, 3.63) is 29.5 Å². The molecule has 2 aliphatic rings. The average molecular weight is 459 g/mol. The number of aliphatic carboxylic acids is 1. The van der Waals surface area contributed by atoms with E-state index in [9.17, 15) is 18.0 Å². The zero-order chi connectivity index (χ0) is 22.6. The van der Waals surface area contributed by atoms with Gasteiger partial charge in [0, 0.05) is 25.2 Å². The van der Waals surface area contributed by atoms with Crippen molar-refractivity contribution in [1.29, 1.82) is 0 Å². The molecule has 31 heavy (non-hydrogen) atoms. The number of carboxylic acids is 1. The molecule has 3 atom stereocenters. The molecule has 0 radical (unpaired) electrons. The molecule has 4 rings (SSSR count). The number of alkyl halides is 3. The third-order valence-electron chi connectivity index (χ3n) is 4.93. The number of hydrogen-bond acceptors (Lipinski definition) is 8. The summed E-state index contributed by atoms with van der Waals surface area (Å²) in [5.41, 5.74) is 0.722. The molecular formula is C18H20F3N5O4S. The highest BCUT2D eigenvalue weighted by Gasteiger charge is 2.44. The first-order valence-electron chi connectivity index (χ1n) is 9.29. The van der Waals surface area contributed by atoms with Gasteiger partial charge >= 0.3 is 12.1 Å². The van der Waals surface area contributed by atoms with E-state index in [4.69, 9.17) is 14.6 Å². The molecule has 2 aliphatic heterocycles. The second-order valence-electron chi connectivity index (χ2n) is 7.11. The van der Waals surface area contributed by atoms with E-state index in [1.165, 1.54) is 0 Å². The molecule has 168 valence electrons. The molecular weight excluding hydrogens is 439 g/mol. The number of aryl methyl sites for hydroxylation is 1. The summed E-state index contributed by atoms with van der Waals surface area (Å²) >= 11 is 1.60. The van der Waals surface area contributed by atoms with Crippen LogP contribution in [-0.4, -0.2) is 64.6 Å². The number of fused-ring (bicyclic) bond motifs is 1. The number of carbonyl (C=O) groups is 2. The van der Waals surface area contributed by atoms with Crippen LogP contribution in [0.3, 0.4) is 0 Å². The van der Waals surface area contributed by atoms with Gasteiger partial charge in [0.15, 0.2) is 0 Å². The van der Waals surface area contributed by atoms with Crippen LogP contribution in [0.4, 0.5) is 24.0 Å². The standard InChI is InChI=1S/C16H19N5O2S.C2HF3O2/c1-10-19-20-16(24-10)21-6-11-8-23-9-14(13(11)7-21)15(22)18-12-3-2-4-17-5-12;3-2(4,5)1(6)7/h2-5,11,13-14H,6-9H2,1H3,(H,18,22);(H,6,7)/t11-,13-,14+;/m1./s1. The Morgan fingerprint density at radius 1 is 1.29 bits per heavy atom. The summed E-state index contributed by atoms with van der Waals surface area (Å²) in [5, 5.41) is 20.3. The molecule has 1 amide bonds. The van der Waals surface area contributed by atoms with Crippen molar-refractivity contribution >= 4 is 34.0 Å². The van der Waals surface area contributed by atoms with E-state index in [0.29, 0.717) is 19.1 Å². The molecule has 0 aliphatic carbocycles. The summed E-state index contributed by atoms with van der Waals surface area (Å²) < 4.78 is 37.4. The van der Waals surface area contributed by atoms with E-state index in [1.807, 2.05) is 19.1 Å². The number of ether oxygens (including phenoxy) is 1. The second-order valence-corrected chi connectivity index (χ2v) is 8.27. The summed E-state index contributed by atoms with van der Waals surface area (Å²) in [4.78, 5) is 27.9. The quantitative estimate of drug-likeness (QED) is 0.718. The molecule has 9 nitrogen and oxygen atoms in total. The van der Waals surface area contributed by atoms with Crippen LogP contribution in [-0.2, 0) is 14.3 Å². The predicted molar refractivity (Wildman–Crippen MR) is 105 cm³/mol. The van der Waals surface area contributed by atoms with Gasteiger partial charge < -0.3 is 20.1 Å². The van der Waals surface area contributed by atoms with Gasteiger partial charge in [-0.05, 0) is 25.0 Å². The van der Waals surface area contributed by atoms with Gasteiger partial charge in [0.2, 0.25) is 11.0 Å². The fourth-order valence-corrected chi connectivity index (χ4v) is 4.22. The number of rotatable bonds is 3. The Morgan fingerprint density at radius 2 is 2.03 bits per heavy atom. The van der Waals surface area contributed by atoms with Crippen molar-refractivity contribution in [2.75, 3.05) is 36.5 Å². The largest absolute Gasteiger partial charge is 0.490 e. The molecule has 0 aromatic carbocycles. The monoisotopic (exact) mass is 459 g/mol. The van der Waals surface area contributed by atoms with E-state index in [1.54, 1.807) is 23.7 Å². The van der Waals surface area contributed by atoms with E-state index < -0.39 is 12.1 Å². The van der Waals surface area contributed by atoms with Gasteiger partial charge in [0.25, 0.3) is 0 Å². The SMILES string of the molecule is Cc1nnc(N2C[C@@H]3COC[C@H](C(=O)Nc4cccnc4)[C@@H]3C2)s1.O=C(O)C(F)(F)F. The van der Waals surface area contributed by atoms with Crippen molar-refractivity contribution in [3.63, 3.8) is 0 Å². The number of amides is 1. The van der Waals surface area contributed by atoms with E-state index in [0.717, 1.165) is 28.9 Å². The third kappa shape index (κ3) is 5.88. The van der Waals surface area contributed by atoms with Gasteiger partial charge in [-0.1, -0.05) is 11.3 Å². The van der Waals surface area contributed by atoms with Gasteiger partial charge in [-0.25, -0.2) is 4.79 Å². The molecule has 2 saturated heterocycles. The predicted octanol–water partition coefficient (Wildman–Crippen LogP) is 2.21. The number of aromatic nitrogens is 3. The van der Waals surface area contributed by atoms with E-state index in [-0.39, 0.29) is 17.7 Å². The van der Waals surface area contributed by atoms with Gasteiger partial charge in [0.05, 0.1) is 31.0 Å². The molecule has 13 heteroatoms. The van der Waals surface area contributed by atoms with Gasteiger partial charge in [0.1, 0.15) is 5.01 Å². The van der Waals surface area contributed by atoms with Crippen molar-refractivity contribution in [2.45, 2.75) is 13.1 Å². The Balaban J connectivity index is 0.000000339. The Labute approximate surface area is 179 Å². The van der Waals surface area contributed by atoms with Crippen LogP contribution < -0.4 is 10.2 Å². The lowest BCUT2D eigenvalue weighted by Gasteiger charge is -2.31. The lowest BCUT2D eigenvalue weighted by molar-refractivity contribution is -0.192. The third-order valence-corrected chi connectivity index (χ3v) is 5.83. The molecule has 2 aromatic rings. The zero-order valence-electron chi connectivity index (χ0n) is 16.4. The Morgan fingerprint density at radius 3 is 2.61 bits per heavy atom. The highest BCUT2D eigenvalue weighted by molar-refractivity contribution is 7.15. The van der Waals surface area contributed by atoms with Crippen LogP contribution in [0, 0.1) is 24.7 Å². The minimum atomic E-state index is -5.08. The summed E-state index contributed by atoms with van der Waals surface area (Å²) in [6.07, 6.45) is -1.74. The number of carboxylic acid groups (broad SMARTS) is 1. The van der Waals surface area contributed by atoms with Crippen LogP contribution in [0.5, 0.6) is 0 Å². The van der Waals surface area contributed by atoms with Crippen LogP contribution in [0.15, 0.2) is 24.5 Å². The van der Waals surface area contributed by atoms with Crippen molar-refractivity contribution in [3.8, 4) is 0 Å².